The molecule has 1 aromatic rings. The Balaban J connectivity index is 2.25. The van der Waals surface area contributed by atoms with Crippen LogP contribution < -0.4 is 5.32 Å². The highest BCUT2D eigenvalue weighted by Crippen LogP contribution is 2.08. The van der Waals surface area contributed by atoms with Crippen LogP contribution in [0.2, 0.25) is 0 Å². The second-order valence-corrected chi connectivity index (χ2v) is 5.48. The van der Waals surface area contributed by atoms with Crippen LogP contribution in [0, 0.1) is 23.2 Å². The molecule has 0 aromatic heterocycles. The average Bonchev–Trinajstić information content (AvgIpc) is 2.48. The third-order valence-corrected chi connectivity index (χ3v) is 2.97. The number of hydrogen-bond donors (Lipinski definition) is 1. The van der Waals surface area contributed by atoms with E-state index in [4.69, 9.17) is 10.00 Å². The molecule has 1 rings (SSSR count). The van der Waals surface area contributed by atoms with Crippen LogP contribution in [0.3, 0.4) is 0 Å². The third-order valence-electron chi connectivity index (χ3n) is 2.97. The van der Waals surface area contributed by atoms with Crippen LogP contribution in [-0.4, -0.2) is 25.7 Å². The first-order chi connectivity index (χ1) is 10.1. The molecule has 4 heteroatoms. The summed E-state index contributed by atoms with van der Waals surface area (Å²) in [6.07, 6.45) is 1.22. The molecule has 0 saturated heterocycles. The highest BCUT2D eigenvalue weighted by Gasteiger charge is 2.17. The van der Waals surface area contributed by atoms with Crippen molar-refractivity contribution in [3.05, 3.63) is 35.9 Å². The van der Waals surface area contributed by atoms with Gasteiger partial charge >= 0.3 is 0 Å². The zero-order chi connectivity index (χ0) is 15.5. The van der Waals surface area contributed by atoms with E-state index in [0.29, 0.717) is 25.5 Å². The summed E-state index contributed by atoms with van der Waals surface area (Å²) < 4.78 is 5.44. The van der Waals surface area contributed by atoms with E-state index in [0.717, 1.165) is 18.6 Å². The van der Waals surface area contributed by atoms with Gasteiger partial charge in [-0.2, -0.15) is 5.26 Å². The fraction of sp³-hybridized carbons (Fsp3) is 0.529. The topological polar surface area (TPSA) is 62.1 Å². The van der Waals surface area contributed by atoms with Crippen LogP contribution >= 0.6 is 0 Å². The smallest absolute Gasteiger partial charge is 0.237 e. The first-order valence-electron chi connectivity index (χ1n) is 7.42. The minimum Gasteiger partial charge on any atom is -0.381 e. The lowest BCUT2D eigenvalue weighted by atomic mass is 10.00. The molecule has 0 saturated carbocycles. The maximum absolute atomic E-state index is 11.9. The predicted octanol–water partition coefficient (Wildman–Crippen LogP) is 2.55. The van der Waals surface area contributed by atoms with E-state index in [9.17, 15) is 4.79 Å². The molecule has 0 aliphatic carbocycles. The molecule has 0 bridgehead atoms. The van der Waals surface area contributed by atoms with Gasteiger partial charge in [-0.1, -0.05) is 44.2 Å². The number of ether oxygens (including phenoxy) is 1. The standard InChI is InChI=1S/C17H24N2O2/c1-14(2)13-21-10-6-9-19-17(20)16(12-18)11-15-7-4-3-5-8-15/h3-5,7-8,14,16H,6,9-11,13H2,1-2H3,(H,19,20). The molecule has 1 atom stereocenters. The number of carbonyl (C=O) groups is 1. The van der Waals surface area contributed by atoms with E-state index >= 15 is 0 Å². The van der Waals surface area contributed by atoms with Gasteiger partial charge in [0.1, 0.15) is 5.92 Å². The van der Waals surface area contributed by atoms with Crippen LogP contribution in [0.4, 0.5) is 0 Å². The zero-order valence-corrected chi connectivity index (χ0v) is 12.8. The van der Waals surface area contributed by atoms with E-state index in [2.05, 4.69) is 25.2 Å². The Morgan fingerprint density at radius 2 is 2.05 bits per heavy atom. The lowest BCUT2D eigenvalue weighted by molar-refractivity contribution is -0.123. The van der Waals surface area contributed by atoms with Gasteiger partial charge in [-0.15, -0.1) is 0 Å². The number of hydrogen-bond acceptors (Lipinski definition) is 3. The van der Waals surface area contributed by atoms with Crippen LogP contribution in [-0.2, 0) is 16.0 Å². The number of nitriles is 1. The Morgan fingerprint density at radius 3 is 2.67 bits per heavy atom. The zero-order valence-electron chi connectivity index (χ0n) is 12.8. The summed E-state index contributed by atoms with van der Waals surface area (Å²) in [7, 11) is 0. The molecular formula is C17H24N2O2. The van der Waals surface area contributed by atoms with Gasteiger partial charge in [0.05, 0.1) is 6.07 Å². The number of amides is 1. The molecule has 0 aliphatic heterocycles. The van der Waals surface area contributed by atoms with E-state index in [1.165, 1.54) is 0 Å². The molecular weight excluding hydrogens is 264 g/mol. The molecule has 0 spiro atoms. The maximum atomic E-state index is 11.9. The Morgan fingerprint density at radius 1 is 1.33 bits per heavy atom. The molecule has 1 amide bonds. The quantitative estimate of drug-likeness (QED) is 0.710. The second-order valence-electron chi connectivity index (χ2n) is 5.48. The van der Waals surface area contributed by atoms with Crippen molar-refractivity contribution in [1.82, 2.24) is 5.32 Å². The number of nitrogens with zero attached hydrogens (tertiary/aromatic N) is 1. The number of nitrogens with one attached hydrogen (secondary N) is 1. The van der Waals surface area contributed by atoms with Crippen molar-refractivity contribution < 1.29 is 9.53 Å². The minimum absolute atomic E-state index is 0.204. The maximum Gasteiger partial charge on any atom is 0.237 e. The molecule has 1 unspecified atom stereocenters. The lowest BCUT2D eigenvalue weighted by Gasteiger charge is -2.11. The normalized spacial score (nSPS) is 11.9. The average molecular weight is 288 g/mol. The molecule has 1 aromatic carbocycles. The molecule has 0 fully saturated rings. The van der Waals surface area contributed by atoms with Crippen LogP contribution in [0.25, 0.3) is 0 Å². The summed E-state index contributed by atoms with van der Waals surface area (Å²) in [6.45, 7) is 6.12. The highest BCUT2D eigenvalue weighted by molar-refractivity contribution is 5.81. The van der Waals surface area contributed by atoms with Crippen molar-refractivity contribution in [3.63, 3.8) is 0 Å². The van der Waals surface area contributed by atoms with E-state index in [1.54, 1.807) is 0 Å². The summed E-state index contributed by atoms with van der Waals surface area (Å²) in [5.74, 6) is -0.317. The van der Waals surface area contributed by atoms with Gasteiger partial charge in [-0.25, -0.2) is 0 Å². The Kier molecular flexibility index (Phi) is 8.15. The van der Waals surface area contributed by atoms with E-state index in [-0.39, 0.29) is 5.91 Å². The van der Waals surface area contributed by atoms with Gasteiger partial charge in [0.25, 0.3) is 0 Å². The van der Waals surface area contributed by atoms with Crippen LogP contribution in [0.5, 0.6) is 0 Å². The minimum atomic E-state index is -0.635. The van der Waals surface area contributed by atoms with Gasteiger partial charge in [0.15, 0.2) is 0 Å². The highest BCUT2D eigenvalue weighted by atomic mass is 16.5. The second kappa shape index (κ2) is 9.95. The van der Waals surface area contributed by atoms with Crippen LogP contribution in [0.15, 0.2) is 30.3 Å². The summed E-state index contributed by atoms with van der Waals surface area (Å²) in [6, 6.07) is 11.7. The number of rotatable bonds is 9. The lowest BCUT2D eigenvalue weighted by Crippen LogP contribution is -2.32. The fourth-order valence-electron chi connectivity index (χ4n) is 1.87. The van der Waals surface area contributed by atoms with Gasteiger partial charge in [0, 0.05) is 19.8 Å². The predicted molar refractivity (Wildman–Crippen MR) is 82.5 cm³/mol. The number of benzene rings is 1. The Labute approximate surface area is 127 Å². The summed E-state index contributed by atoms with van der Waals surface area (Å²) in [5, 5.41) is 11.9. The van der Waals surface area contributed by atoms with Crippen molar-refractivity contribution in [2.45, 2.75) is 26.7 Å². The molecule has 4 nitrogen and oxygen atoms in total. The molecule has 0 aliphatic rings. The van der Waals surface area contributed by atoms with Crippen molar-refractivity contribution in [2.24, 2.45) is 11.8 Å². The monoisotopic (exact) mass is 288 g/mol. The van der Waals surface area contributed by atoms with E-state index < -0.39 is 5.92 Å². The van der Waals surface area contributed by atoms with Gasteiger partial charge in [0.2, 0.25) is 5.91 Å². The summed E-state index contributed by atoms with van der Waals surface area (Å²) in [4.78, 5) is 11.9. The van der Waals surface area contributed by atoms with E-state index in [1.807, 2.05) is 30.3 Å². The Bertz CT molecular complexity index is 452. The molecule has 0 heterocycles. The van der Waals surface area contributed by atoms with Crippen molar-refractivity contribution in [1.29, 1.82) is 5.26 Å². The Hall–Kier alpha value is -1.86. The molecule has 114 valence electrons. The molecule has 0 radical (unpaired) electrons. The summed E-state index contributed by atoms with van der Waals surface area (Å²) in [5.41, 5.74) is 1.000. The van der Waals surface area contributed by atoms with Crippen LogP contribution in [0.1, 0.15) is 25.8 Å². The largest absolute Gasteiger partial charge is 0.381 e. The summed E-state index contributed by atoms with van der Waals surface area (Å²) >= 11 is 0. The van der Waals surface area contributed by atoms with Crippen molar-refractivity contribution in [2.75, 3.05) is 19.8 Å². The van der Waals surface area contributed by atoms with Crippen molar-refractivity contribution >= 4 is 5.91 Å². The third kappa shape index (κ3) is 7.48. The first kappa shape index (κ1) is 17.2. The number of carbonyl (C=O) groups excluding carboxylic acids is 1. The fourth-order valence-corrected chi connectivity index (χ4v) is 1.87. The van der Waals surface area contributed by atoms with Crippen molar-refractivity contribution in [3.8, 4) is 6.07 Å². The van der Waals surface area contributed by atoms with Gasteiger partial charge in [-0.05, 0) is 24.3 Å². The molecule has 1 N–H and O–H groups in total. The van der Waals surface area contributed by atoms with Gasteiger partial charge in [-0.3, -0.25) is 4.79 Å². The first-order valence-corrected chi connectivity index (χ1v) is 7.42. The molecule has 21 heavy (non-hydrogen) atoms. The SMILES string of the molecule is CC(C)COCCCNC(=O)C(C#N)Cc1ccccc1. The van der Waals surface area contributed by atoms with Gasteiger partial charge < -0.3 is 10.1 Å².